The van der Waals surface area contributed by atoms with Crippen LogP contribution in [-0.4, -0.2) is 39.2 Å². The second kappa shape index (κ2) is 6.11. The number of carbonyl (C=O) groups is 1. The van der Waals surface area contributed by atoms with Gasteiger partial charge in [-0.25, -0.2) is 0 Å². The van der Waals surface area contributed by atoms with Crippen LogP contribution in [0.25, 0.3) is 11.4 Å². The summed E-state index contributed by atoms with van der Waals surface area (Å²) in [6.07, 6.45) is 0. The maximum absolute atomic E-state index is 12.4. The molecule has 0 radical (unpaired) electrons. The lowest BCUT2D eigenvalue weighted by Crippen LogP contribution is -2.17. The quantitative estimate of drug-likeness (QED) is 0.684. The van der Waals surface area contributed by atoms with Crippen molar-refractivity contribution in [2.24, 2.45) is 0 Å². The lowest BCUT2D eigenvalue weighted by Gasteiger charge is -2.18. The first-order valence-corrected chi connectivity index (χ1v) is 7.56. The minimum atomic E-state index is -0.121. The van der Waals surface area contributed by atoms with Crippen LogP contribution >= 0.6 is 0 Å². The second-order valence-electron chi connectivity index (χ2n) is 5.29. The van der Waals surface area contributed by atoms with Crippen molar-refractivity contribution >= 4 is 5.78 Å². The molecule has 1 aliphatic rings. The van der Waals surface area contributed by atoms with E-state index < -0.39 is 0 Å². The monoisotopic (exact) mass is 322 g/mol. The third kappa shape index (κ3) is 2.83. The van der Waals surface area contributed by atoms with Gasteiger partial charge in [0, 0.05) is 11.1 Å². The van der Waals surface area contributed by atoms with Crippen molar-refractivity contribution < 1.29 is 14.3 Å². The van der Waals surface area contributed by atoms with Crippen molar-refractivity contribution in [2.45, 2.75) is 6.54 Å². The maximum Gasteiger partial charge on any atom is 0.204 e. The molecule has 0 atom stereocenters. The van der Waals surface area contributed by atoms with Crippen LogP contribution in [0.4, 0.5) is 0 Å². The number of Topliss-reactive ketones (excluding diaryl/α,β-unsaturated/α-hetero) is 1. The van der Waals surface area contributed by atoms with Gasteiger partial charge in [-0.2, -0.15) is 4.80 Å². The zero-order chi connectivity index (χ0) is 16.4. The summed E-state index contributed by atoms with van der Waals surface area (Å²) in [4.78, 5) is 13.7. The maximum atomic E-state index is 12.4. The average Bonchev–Trinajstić information content (AvgIpc) is 3.10. The van der Waals surface area contributed by atoms with Crippen molar-refractivity contribution in [1.82, 2.24) is 20.2 Å². The number of benzene rings is 2. The van der Waals surface area contributed by atoms with E-state index in [2.05, 4.69) is 15.4 Å². The van der Waals surface area contributed by atoms with E-state index in [-0.39, 0.29) is 12.3 Å². The molecule has 0 bridgehead atoms. The van der Waals surface area contributed by atoms with Crippen LogP contribution in [0, 0.1) is 0 Å². The molecule has 0 saturated carbocycles. The Labute approximate surface area is 137 Å². The summed E-state index contributed by atoms with van der Waals surface area (Å²) >= 11 is 0. The molecule has 1 aromatic heterocycles. The fourth-order valence-corrected chi connectivity index (χ4v) is 2.45. The number of tetrazole rings is 1. The van der Waals surface area contributed by atoms with Crippen molar-refractivity contribution in [3.05, 3.63) is 54.1 Å². The van der Waals surface area contributed by atoms with E-state index in [1.165, 1.54) is 4.80 Å². The van der Waals surface area contributed by atoms with Gasteiger partial charge in [-0.3, -0.25) is 4.79 Å². The normalized spacial score (nSPS) is 12.8. The second-order valence-corrected chi connectivity index (χ2v) is 5.29. The predicted octanol–water partition coefficient (Wildman–Crippen LogP) is 1.99. The van der Waals surface area contributed by atoms with Gasteiger partial charge in [-0.05, 0) is 23.4 Å². The summed E-state index contributed by atoms with van der Waals surface area (Å²) in [6.45, 7) is 1.01. The molecule has 120 valence electrons. The minimum absolute atomic E-state index is 0.0134. The van der Waals surface area contributed by atoms with Crippen molar-refractivity contribution in [2.75, 3.05) is 13.2 Å². The van der Waals surface area contributed by atoms with Crippen LogP contribution in [0.1, 0.15) is 10.4 Å². The van der Waals surface area contributed by atoms with E-state index in [0.29, 0.717) is 36.1 Å². The van der Waals surface area contributed by atoms with Crippen LogP contribution in [0.3, 0.4) is 0 Å². The molecule has 3 aromatic rings. The van der Waals surface area contributed by atoms with Crippen LogP contribution in [-0.2, 0) is 6.54 Å². The highest BCUT2D eigenvalue weighted by molar-refractivity contribution is 5.96. The molecule has 0 unspecified atom stereocenters. The molecule has 1 aliphatic heterocycles. The minimum Gasteiger partial charge on any atom is -0.486 e. The van der Waals surface area contributed by atoms with Gasteiger partial charge >= 0.3 is 0 Å². The number of carbonyl (C=O) groups excluding carboxylic acids is 1. The molecule has 24 heavy (non-hydrogen) atoms. The van der Waals surface area contributed by atoms with E-state index in [9.17, 15) is 4.79 Å². The molecule has 7 nitrogen and oxygen atoms in total. The number of rotatable bonds is 4. The first kappa shape index (κ1) is 14.4. The number of hydrogen-bond acceptors (Lipinski definition) is 6. The summed E-state index contributed by atoms with van der Waals surface area (Å²) in [6, 6.07) is 14.6. The Morgan fingerprint density at radius 1 is 1.04 bits per heavy atom. The van der Waals surface area contributed by atoms with Gasteiger partial charge in [0.15, 0.2) is 17.3 Å². The third-order valence-electron chi connectivity index (χ3n) is 3.63. The number of ether oxygens (including phenoxy) is 2. The van der Waals surface area contributed by atoms with E-state index in [1.54, 1.807) is 18.2 Å². The Hall–Kier alpha value is -3.22. The zero-order valence-electron chi connectivity index (χ0n) is 12.8. The SMILES string of the molecule is O=C(Cn1nnc(-c2ccccc2)n1)c1ccc2c(c1)OCCO2. The molecule has 0 spiro atoms. The number of hydrogen-bond donors (Lipinski definition) is 0. The molecule has 0 amide bonds. The first-order valence-electron chi connectivity index (χ1n) is 7.56. The molecule has 4 rings (SSSR count). The highest BCUT2D eigenvalue weighted by Crippen LogP contribution is 2.30. The van der Waals surface area contributed by atoms with Crippen LogP contribution in [0.2, 0.25) is 0 Å². The molecule has 2 heterocycles. The Balaban J connectivity index is 1.51. The number of aromatic nitrogens is 4. The summed E-state index contributed by atoms with van der Waals surface area (Å²) < 4.78 is 11.0. The Morgan fingerprint density at radius 2 is 1.83 bits per heavy atom. The summed E-state index contributed by atoms with van der Waals surface area (Å²) in [7, 11) is 0. The van der Waals surface area contributed by atoms with E-state index in [0.717, 1.165) is 5.56 Å². The van der Waals surface area contributed by atoms with Gasteiger partial charge in [0.1, 0.15) is 19.8 Å². The van der Waals surface area contributed by atoms with Gasteiger partial charge < -0.3 is 9.47 Å². The van der Waals surface area contributed by atoms with Crippen LogP contribution in [0.15, 0.2) is 48.5 Å². The number of ketones is 1. The number of nitrogens with zero attached hydrogens (tertiary/aromatic N) is 4. The molecule has 0 saturated heterocycles. The molecule has 0 fully saturated rings. The van der Waals surface area contributed by atoms with Gasteiger partial charge in [0.05, 0.1) is 0 Å². The lowest BCUT2D eigenvalue weighted by molar-refractivity contribution is 0.0960. The average molecular weight is 322 g/mol. The fraction of sp³-hybridized carbons (Fsp3) is 0.176. The third-order valence-corrected chi connectivity index (χ3v) is 3.63. The zero-order valence-corrected chi connectivity index (χ0v) is 12.8. The molecular formula is C17H14N4O3. The summed E-state index contributed by atoms with van der Waals surface area (Å²) in [5, 5.41) is 12.2. The van der Waals surface area contributed by atoms with Crippen molar-refractivity contribution in [3.63, 3.8) is 0 Å². The summed E-state index contributed by atoms with van der Waals surface area (Å²) in [5.74, 6) is 1.61. The van der Waals surface area contributed by atoms with Crippen molar-refractivity contribution in [3.8, 4) is 22.9 Å². The van der Waals surface area contributed by atoms with E-state index in [4.69, 9.17) is 9.47 Å². The number of fused-ring (bicyclic) bond motifs is 1. The highest BCUT2D eigenvalue weighted by Gasteiger charge is 2.16. The molecule has 0 N–H and O–H groups in total. The first-order chi connectivity index (χ1) is 11.8. The lowest BCUT2D eigenvalue weighted by atomic mass is 10.1. The van der Waals surface area contributed by atoms with E-state index >= 15 is 0 Å². The van der Waals surface area contributed by atoms with Gasteiger partial charge in [-0.1, -0.05) is 30.3 Å². The molecular weight excluding hydrogens is 308 g/mol. The molecule has 7 heteroatoms. The van der Waals surface area contributed by atoms with Crippen LogP contribution < -0.4 is 9.47 Å². The van der Waals surface area contributed by atoms with Gasteiger partial charge in [-0.15, -0.1) is 10.2 Å². The fourth-order valence-electron chi connectivity index (χ4n) is 2.45. The Morgan fingerprint density at radius 3 is 2.67 bits per heavy atom. The molecule has 2 aromatic carbocycles. The smallest absolute Gasteiger partial charge is 0.204 e. The van der Waals surface area contributed by atoms with E-state index in [1.807, 2.05) is 30.3 Å². The standard InChI is InChI=1S/C17H14N4O3/c22-14(13-6-7-15-16(10-13)24-9-8-23-15)11-21-19-17(18-20-21)12-4-2-1-3-5-12/h1-7,10H,8-9,11H2. The molecule has 0 aliphatic carbocycles. The van der Waals surface area contributed by atoms with Crippen molar-refractivity contribution in [1.29, 1.82) is 0 Å². The largest absolute Gasteiger partial charge is 0.486 e. The summed E-state index contributed by atoms with van der Waals surface area (Å²) in [5.41, 5.74) is 1.38. The predicted molar refractivity (Wildman–Crippen MR) is 85.0 cm³/mol. The van der Waals surface area contributed by atoms with Crippen LogP contribution in [0.5, 0.6) is 11.5 Å². The van der Waals surface area contributed by atoms with Gasteiger partial charge in [0.25, 0.3) is 0 Å². The Bertz CT molecular complexity index is 877. The Kier molecular flexibility index (Phi) is 3.66. The highest BCUT2D eigenvalue weighted by atomic mass is 16.6. The topological polar surface area (TPSA) is 79.1 Å². The van der Waals surface area contributed by atoms with Gasteiger partial charge in [0.2, 0.25) is 5.82 Å².